The molecule has 1 aliphatic rings. The third kappa shape index (κ3) is 3.68. The van der Waals surface area contributed by atoms with Crippen LogP contribution in [0.5, 0.6) is 0 Å². The standard InChI is InChI=1S/C17H19N5O2/c1-13(23)21-7-9-22(10-8-21)16-11-15(18-12-19-16)17(24)20-14-5-3-2-4-6-14/h2-6,11-12H,7-10H2,1H3,(H,20,24). The average Bonchev–Trinajstić information content (AvgIpc) is 2.63. The Hall–Kier alpha value is -2.96. The van der Waals surface area contributed by atoms with Crippen LogP contribution in [0, 0.1) is 0 Å². The Morgan fingerprint density at radius 2 is 1.75 bits per heavy atom. The van der Waals surface area contributed by atoms with Crippen LogP contribution >= 0.6 is 0 Å². The molecule has 1 N–H and O–H groups in total. The van der Waals surface area contributed by atoms with Crippen LogP contribution in [0.2, 0.25) is 0 Å². The number of hydrogen-bond donors (Lipinski definition) is 1. The molecule has 0 unspecified atom stereocenters. The average molecular weight is 325 g/mol. The molecule has 0 atom stereocenters. The molecule has 1 aromatic carbocycles. The second kappa shape index (κ2) is 7.08. The first-order chi connectivity index (χ1) is 11.6. The van der Waals surface area contributed by atoms with Gasteiger partial charge in [-0.2, -0.15) is 0 Å². The van der Waals surface area contributed by atoms with E-state index < -0.39 is 0 Å². The number of hydrogen-bond acceptors (Lipinski definition) is 5. The van der Waals surface area contributed by atoms with Gasteiger partial charge in [-0.05, 0) is 12.1 Å². The minimum atomic E-state index is -0.271. The third-order valence-electron chi connectivity index (χ3n) is 3.97. The summed E-state index contributed by atoms with van der Waals surface area (Å²) in [5.41, 5.74) is 1.04. The lowest BCUT2D eigenvalue weighted by Gasteiger charge is -2.34. The fourth-order valence-electron chi connectivity index (χ4n) is 2.61. The molecule has 124 valence electrons. The highest BCUT2D eigenvalue weighted by Crippen LogP contribution is 2.15. The van der Waals surface area contributed by atoms with Gasteiger partial charge in [-0.25, -0.2) is 9.97 Å². The molecular weight excluding hydrogens is 306 g/mol. The molecule has 3 rings (SSSR count). The first kappa shape index (κ1) is 15.9. The van der Waals surface area contributed by atoms with E-state index >= 15 is 0 Å². The summed E-state index contributed by atoms with van der Waals surface area (Å²) in [4.78, 5) is 35.9. The van der Waals surface area contributed by atoms with Crippen molar-refractivity contribution in [2.45, 2.75) is 6.92 Å². The largest absolute Gasteiger partial charge is 0.353 e. The lowest BCUT2D eigenvalue weighted by molar-refractivity contribution is -0.129. The van der Waals surface area contributed by atoms with Crippen molar-refractivity contribution in [2.75, 3.05) is 36.4 Å². The van der Waals surface area contributed by atoms with E-state index in [2.05, 4.69) is 20.2 Å². The molecule has 0 radical (unpaired) electrons. The zero-order valence-corrected chi connectivity index (χ0v) is 13.5. The zero-order chi connectivity index (χ0) is 16.9. The highest BCUT2D eigenvalue weighted by atomic mass is 16.2. The highest BCUT2D eigenvalue weighted by molar-refractivity contribution is 6.03. The third-order valence-corrected chi connectivity index (χ3v) is 3.97. The van der Waals surface area contributed by atoms with E-state index in [9.17, 15) is 9.59 Å². The molecule has 1 fully saturated rings. The summed E-state index contributed by atoms with van der Waals surface area (Å²) in [5, 5.41) is 2.81. The summed E-state index contributed by atoms with van der Waals surface area (Å²) in [6.07, 6.45) is 1.40. The maximum Gasteiger partial charge on any atom is 0.274 e. The summed E-state index contributed by atoms with van der Waals surface area (Å²) in [6.45, 7) is 4.27. The number of nitrogens with zero attached hydrogens (tertiary/aromatic N) is 4. The first-order valence-electron chi connectivity index (χ1n) is 7.82. The van der Waals surface area contributed by atoms with Gasteiger partial charge in [0.25, 0.3) is 5.91 Å². The summed E-state index contributed by atoms with van der Waals surface area (Å²) in [7, 11) is 0. The second-order valence-corrected chi connectivity index (χ2v) is 5.57. The van der Waals surface area contributed by atoms with Gasteiger partial charge in [0, 0.05) is 44.9 Å². The molecule has 0 bridgehead atoms. The van der Waals surface area contributed by atoms with Gasteiger partial charge >= 0.3 is 0 Å². The van der Waals surface area contributed by atoms with Crippen molar-refractivity contribution in [3.8, 4) is 0 Å². The highest BCUT2D eigenvalue weighted by Gasteiger charge is 2.20. The first-order valence-corrected chi connectivity index (χ1v) is 7.82. The molecular formula is C17H19N5O2. The molecule has 1 saturated heterocycles. The molecule has 2 aromatic rings. The molecule has 24 heavy (non-hydrogen) atoms. The number of aromatic nitrogens is 2. The summed E-state index contributed by atoms with van der Waals surface area (Å²) in [6, 6.07) is 10.9. The van der Waals surface area contributed by atoms with Gasteiger partial charge < -0.3 is 15.1 Å². The van der Waals surface area contributed by atoms with Gasteiger partial charge in [0.1, 0.15) is 17.8 Å². The molecule has 1 aliphatic heterocycles. The van der Waals surface area contributed by atoms with Crippen LogP contribution < -0.4 is 10.2 Å². The monoisotopic (exact) mass is 325 g/mol. The molecule has 1 aromatic heterocycles. The van der Waals surface area contributed by atoms with E-state index in [0.29, 0.717) is 37.7 Å². The minimum Gasteiger partial charge on any atom is -0.353 e. The predicted molar refractivity (Wildman–Crippen MR) is 90.9 cm³/mol. The van der Waals surface area contributed by atoms with E-state index in [0.717, 1.165) is 5.69 Å². The van der Waals surface area contributed by atoms with Crippen LogP contribution in [0.1, 0.15) is 17.4 Å². The van der Waals surface area contributed by atoms with E-state index in [1.54, 1.807) is 17.9 Å². The SMILES string of the molecule is CC(=O)N1CCN(c2cc(C(=O)Nc3ccccc3)ncn2)CC1. The Labute approximate surface area is 140 Å². The molecule has 2 amide bonds. The van der Waals surface area contributed by atoms with Gasteiger partial charge in [0.15, 0.2) is 0 Å². The zero-order valence-electron chi connectivity index (χ0n) is 13.5. The van der Waals surface area contributed by atoms with Crippen molar-refractivity contribution in [2.24, 2.45) is 0 Å². The lowest BCUT2D eigenvalue weighted by Crippen LogP contribution is -2.48. The van der Waals surface area contributed by atoms with Gasteiger partial charge in [-0.3, -0.25) is 9.59 Å². The van der Waals surface area contributed by atoms with E-state index in [-0.39, 0.29) is 11.8 Å². The predicted octanol–water partition coefficient (Wildman–Crippen LogP) is 1.40. The van der Waals surface area contributed by atoms with E-state index in [1.165, 1.54) is 6.33 Å². The Bertz CT molecular complexity index is 727. The Morgan fingerprint density at radius 3 is 2.42 bits per heavy atom. The van der Waals surface area contributed by atoms with Crippen molar-refractivity contribution >= 4 is 23.3 Å². The quantitative estimate of drug-likeness (QED) is 0.923. The fraction of sp³-hybridized carbons (Fsp3) is 0.294. The smallest absolute Gasteiger partial charge is 0.274 e. The molecule has 2 heterocycles. The van der Waals surface area contributed by atoms with Crippen LogP contribution in [-0.4, -0.2) is 52.9 Å². The van der Waals surface area contributed by atoms with Gasteiger partial charge in [0.2, 0.25) is 5.91 Å². The number of anilines is 2. The Morgan fingerprint density at radius 1 is 1.04 bits per heavy atom. The van der Waals surface area contributed by atoms with Crippen molar-refractivity contribution in [3.05, 3.63) is 48.4 Å². The lowest BCUT2D eigenvalue weighted by atomic mass is 10.2. The topological polar surface area (TPSA) is 78.4 Å². The molecule has 7 nitrogen and oxygen atoms in total. The van der Waals surface area contributed by atoms with Gasteiger partial charge in [-0.15, -0.1) is 0 Å². The fourth-order valence-corrected chi connectivity index (χ4v) is 2.61. The maximum absolute atomic E-state index is 12.3. The number of para-hydroxylation sites is 1. The number of rotatable bonds is 3. The molecule has 7 heteroatoms. The van der Waals surface area contributed by atoms with Crippen LogP contribution in [0.25, 0.3) is 0 Å². The number of carbonyl (C=O) groups is 2. The number of piperazine rings is 1. The minimum absolute atomic E-state index is 0.0836. The maximum atomic E-state index is 12.3. The van der Waals surface area contributed by atoms with Crippen molar-refractivity contribution < 1.29 is 9.59 Å². The molecule has 0 aliphatic carbocycles. The Kier molecular flexibility index (Phi) is 4.69. The number of benzene rings is 1. The molecule has 0 spiro atoms. The van der Waals surface area contributed by atoms with Crippen LogP contribution in [-0.2, 0) is 4.79 Å². The summed E-state index contributed by atoms with van der Waals surface area (Å²) < 4.78 is 0. The van der Waals surface area contributed by atoms with E-state index in [1.807, 2.05) is 30.3 Å². The van der Waals surface area contributed by atoms with Gasteiger partial charge in [0.05, 0.1) is 0 Å². The van der Waals surface area contributed by atoms with Crippen molar-refractivity contribution in [1.29, 1.82) is 0 Å². The van der Waals surface area contributed by atoms with Crippen LogP contribution in [0.4, 0.5) is 11.5 Å². The number of nitrogens with one attached hydrogen (secondary N) is 1. The van der Waals surface area contributed by atoms with Crippen molar-refractivity contribution in [3.63, 3.8) is 0 Å². The van der Waals surface area contributed by atoms with Crippen LogP contribution in [0.15, 0.2) is 42.7 Å². The second-order valence-electron chi connectivity index (χ2n) is 5.57. The summed E-state index contributed by atoms with van der Waals surface area (Å²) in [5.74, 6) is 0.513. The summed E-state index contributed by atoms with van der Waals surface area (Å²) >= 11 is 0. The molecule has 0 saturated carbocycles. The number of carbonyl (C=O) groups excluding carboxylic acids is 2. The van der Waals surface area contributed by atoms with Crippen molar-refractivity contribution in [1.82, 2.24) is 14.9 Å². The van der Waals surface area contributed by atoms with E-state index in [4.69, 9.17) is 0 Å². The van der Waals surface area contributed by atoms with Gasteiger partial charge in [-0.1, -0.05) is 18.2 Å². The Balaban J connectivity index is 1.68. The normalized spacial score (nSPS) is 14.4. The van der Waals surface area contributed by atoms with Crippen LogP contribution in [0.3, 0.4) is 0 Å². The number of amides is 2.